The highest BCUT2D eigenvalue weighted by atomic mass is 15.0. The highest BCUT2D eigenvalue weighted by Crippen LogP contribution is 2.38. The lowest BCUT2D eigenvalue weighted by molar-refractivity contribution is 0.151. The van der Waals surface area contributed by atoms with Gasteiger partial charge in [-0.3, -0.25) is 0 Å². The van der Waals surface area contributed by atoms with Gasteiger partial charge in [0.2, 0.25) is 0 Å². The Hall–Kier alpha value is -1.05. The largest absolute Gasteiger partial charge is 0.370 e. The van der Waals surface area contributed by atoms with Gasteiger partial charge in [0.1, 0.15) is 5.82 Å². The minimum atomic E-state index is 0.855. The van der Waals surface area contributed by atoms with E-state index >= 15 is 0 Å². The van der Waals surface area contributed by atoms with E-state index in [1.807, 2.05) is 19.1 Å². The lowest BCUT2D eigenvalue weighted by atomic mass is 9.69. The normalized spacial score (nSPS) is 24.2. The maximum absolute atomic E-state index is 4.45. The van der Waals surface area contributed by atoms with Crippen molar-refractivity contribution in [1.82, 2.24) is 4.98 Å². The Labute approximate surface area is 98.5 Å². The molecule has 0 unspecified atom stereocenters. The van der Waals surface area contributed by atoms with Crippen molar-refractivity contribution in [3.05, 3.63) is 23.9 Å². The van der Waals surface area contributed by atoms with Gasteiger partial charge in [0.25, 0.3) is 0 Å². The molecule has 1 fully saturated rings. The third-order valence-corrected chi connectivity index (χ3v) is 3.68. The summed E-state index contributed by atoms with van der Waals surface area (Å²) in [5.74, 6) is 3.69. The summed E-state index contributed by atoms with van der Waals surface area (Å²) in [6.07, 6.45) is 2.77. The molecule has 1 heterocycles. The first-order chi connectivity index (χ1) is 7.65. The van der Waals surface area contributed by atoms with Gasteiger partial charge in [-0.25, -0.2) is 4.98 Å². The number of nitrogens with one attached hydrogen (secondary N) is 1. The monoisotopic (exact) mass is 218 g/mol. The third-order valence-electron chi connectivity index (χ3n) is 3.68. The number of rotatable bonds is 4. The van der Waals surface area contributed by atoms with E-state index in [9.17, 15) is 0 Å². The Morgan fingerprint density at radius 3 is 2.75 bits per heavy atom. The van der Waals surface area contributed by atoms with E-state index in [4.69, 9.17) is 0 Å². The molecule has 88 valence electrons. The zero-order chi connectivity index (χ0) is 11.5. The first-order valence-electron chi connectivity index (χ1n) is 6.32. The van der Waals surface area contributed by atoms with Crippen molar-refractivity contribution in [1.29, 1.82) is 0 Å². The van der Waals surface area contributed by atoms with Gasteiger partial charge < -0.3 is 5.32 Å². The molecule has 0 atom stereocenters. The third kappa shape index (κ3) is 2.75. The summed E-state index contributed by atoms with van der Waals surface area (Å²) in [7, 11) is 0. The summed E-state index contributed by atoms with van der Waals surface area (Å²) in [6.45, 7) is 7.77. The van der Waals surface area contributed by atoms with Crippen molar-refractivity contribution in [2.45, 2.75) is 33.6 Å². The summed E-state index contributed by atoms with van der Waals surface area (Å²) < 4.78 is 0. The first-order valence-corrected chi connectivity index (χ1v) is 6.32. The van der Waals surface area contributed by atoms with E-state index in [1.165, 1.54) is 12.8 Å². The molecular formula is C14H22N2. The molecule has 16 heavy (non-hydrogen) atoms. The Morgan fingerprint density at radius 1 is 1.38 bits per heavy atom. The molecule has 0 amide bonds. The van der Waals surface area contributed by atoms with Crippen LogP contribution in [-0.2, 0) is 0 Å². The molecule has 1 aromatic heterocycles. The molecule has 2 nitrogen and oxygen atoms in total. The lowest BCUT2D eigenvalue weighted by Gasteiger charge is -2.38. The minimum absolute atomic E-state index is 0.855. The number of aryl methyl sites for hydroxylation is 1. The van der Waals surface area contributed by atoms with Gasteiger partial charge in [-0.2, -0.15) is 0 Å². The zero-order valence-electron chi connectivity index (χ0n) is 10.5. The standard InChI is InChI=1S/C14H22N2/c1-10(2)13-7-12(8-13)9-15-14-6-4-5-11(3)16-14/h4-6,10,12-13H,7-9H2,1-3H3,(H,15,16). The van der Waals surface area contributed by atoms with Gasteiger partial charge in [0.05, 0.1) is 0 Å². The van der Waals surface area contributed by atoms with Crippen LogP contribution in [0.5, 0.6) is 0 Å². The Kier molecular flexibility index (Phi) is 3.47. The smallest absolute Gasteiger partial charge is 0.126 e. The van der Waals surface area contributed by atoms with Gasteiger partial charge in [0, 0.05) is 12.2 Å². The molecule has 1 N–H and O–H groups in total. The molecule has 0 saturated heterocycles. The van der Waals surface area contributed by atoms with Crippen molar-refractivity contribution < 1.29 is 0 Å². The summed E-state index contributed by atoms with van der Waals surface area (Å²) in [4.78, 5) is 4.45. The maximum Gasteiger partial charge on any atom is 0.126 e. The second-order valence-corrected chi connectivity index (χ2v) is 5.39. The number of hydrogen-bond acceptors (Lipinski definition) is 2. The van der Waals surface area contributed by atoms with Gasteiger partial charge in [-0.15, -0.1) is 0 Å². The molecule has 1 aliphatic carbocycles. The fourth-order valence-electron chi connectivity index (χ4n) is 2.39. The lowest BCUT2D eigenvalue weighted by Crippen LogP contribution is -2.32. The van der Waals surface area contributed by atoms with Crippen molar-refractivity contribution in [2.24, 2.45) is 17.8 Å². The SMILES string of the molecule is Cc1cccc(NCC2CC(C(C)C)C2)n1. The molecular weight excluding hydrogens is 196 g/mol. The number of nitrogens with zero attached hydrogens (tertiary/aromatic N) is 1. The molecule has 2 rings (SSSR count). The Bertz CT molecular complexity index is 340. The average Bonchev–Trinajstić information content (AvgIpc) is 2.14. The average molecular weight is 218 g/mol. The quantitative estimate of drug-likeness (QED) is 0.837. The highest BCUT2D eigenvalue weighted by molar-refractivity contribution is 5.35. The number of pyridine rings is 1. The van der Waals surface area contributed by atoms with Crippen LogP contribution in [0.2, 0.25) is 0 Å². The predicted octanol–water partition coefficient (Wildman–Crippen LogP) is 3.48. The van der Waals surface area contributed by atoms with Crippen molar-refractivity contribution in [3.8, 4) is 0 Å². The van der Waals surface area contributed by atoms with Crippen LogP contribution in [0.25, 0.3) is 0 Å². The van der Waals surface area contributed by atoms with Crippen LogP contribution in [0, 0.1) is 24.7 Å². The van der Waals surface area contributed by atoms with Gasteiger partial charge in [-0.1, -0.05) is 19.9 Å². The number of aromatic nitrogens is 1. The van der Waals surface area contributed by atoms with Crippen LogP contribution >= 0.6 is 0 Å². The van der Waals surface area contributed by atoms with E-state index in [-0.39, 0.29) is 0 Å². The van der Waals surface area contributed by atoms with Crippen LogP contribution in [0.4, 0.5) is 5.82 Å². The minimum Gasteiger partial charge on any atom is -0.370 e. The van der Waals surface area contributed by atoms with Crippen molar-refractivity contribution in [3.63, 3.8) is 0 Å². The van der Waals surface area contributed by atoms with Crippen LogP contribution in [0.3, 0.4) is 0 Å². The van der Waals surface area contributed by atoms with Crippen molar-refractivity contribution >= 4 is 5.82 Å². The van der Waals surface area contributed by atoms with Crippen LogP contribution in [0.1, 0.15) is 32.4 Å². The molecule has 0 radical (unpaired) electrons. The summed E-state index contributed by atoms with van der Waals surface area (Å²) in [5.41, 5.74) is 1.08. The van der Waals surface area contributed by atoms with E-state index in [1.54, 1.807) is 0 Å². The molecule has 0 bridgehead atoms. The van der Waals surface area contributed by atoms with Gasteiger partial charge in [0.15, 0.2) is 0 Å². The summed E-state index contributed by atoms with van der Waals surface area (Å²) >= 11 is 0. The van der Waals surface area contributed by atoms with E-state index in [0.29, 0.717) is 0 Å². The van der Waals surface area contributed by atoms with E-state index in [2.05, 4.69) is 30.2 Å². The van der Waals surface area contributed by atoms with Gasteiger partial charge >= 0.3 is 0 Å². The first kappa shape index (κ1) is 11.4. The molecule has 0 aliphatic heterocycles. The van der Waals surface area contributed by atoms with E-state index in [0.717, 1.165) is 35.8 Å². The van der Waals surface area contributed by atoms with Crippen molar-refractivity contribution in [2.75, 3.05) is 11.9 Å². The molecule has 0 spiro atoms. The van der Waals surface area contributed by atoms with Gasteiger partial charge in [-0.05, 0) is 49.7 Å². The molecule has 1 aliphatic rings. The van der Waals surface area contributed by atoms with Crippen LogP contribution in [0.15, 0.2) is 18.2 Å². The fraction of sp³-hybridized carbons (Fsp3) is 0.643. The van der Waals surface area contributed by atoms with E-state index < -0.39 is 0 Å². The number of hydrogen-bond donors (Lipinski definition) is 1. The Balaban J connectivity index is 1.73. The molecule has 0 aromatic carbocycles. The zero-order valence-corrected chi connectivity index (χ0v) is 10.5. The molecule has 2 heteroatoms. The summed E-state index contributed by atoms with van der Waals surface area (Å²) in [6, 6.07) is 6.14. The molecule has 1 aromatic rings. The predicted molar refractivity (Wildman–Crippen MR) is 68.5 cm³/mol. The van der Waals surface area contributed by atoms with Crippen LogP contribution < -0.4 is 5.32 Å². The highest BCUT2D eigenvalue weighted by Gasteiger charge is 2.30. The second-order valence-electron chi connectivity index (χ2n) is 5.39. The topological polar surface area (TPSA) is 24.9 Å². The van der Waals surface area contributed by atoms with Crippen LogP contribution in [-0.4, -0.2) is 11.5 Å². The second kappa shape index (κ2) is 4.86. The number of anilines is 1. The molecule has 1 saturated carbocycles. The maximum atomic E-state index is 4.45. The fourth-order valence-corrected chi connectivity index (χ4v) is 2.39. The summed E-state index contributed by atoms with van der Waals surface area (Å²) in [5, 5.41) is 3.44. The Morgan fingerprint density at radius 2 is 2.12 bits per heavy atom.